The van der Waals surface area contributed by atoms with Crippen molar-refractivity contribution in [2.24, 2.45) is 7.05 Å². The lowest BCUT2D eigenvalue weighted by molar-refractivity contribution is -0.137. The van der Waals surface area contributed by atoms with E-state index in [9.17, 15) is 21.6 Å². The standard InChI is InChI=1S/C16H15F3N6O2S/c1-20-28(26,27)12-6-7-14(13(9-12)15-22-24-25(2)23-15)21-11-5-3-4-10(8-11)16(17,18)19/h3-9,20-21H,1-2H3. The van der Waals surface area contributed by atoms with E-state index >= 15 is 0 Å². The summed E-state index contributed by atoms with van der Waals surface area (Å²) < 4.78 is 65.2. The summed E-state index contributed by atoms with van der Waals surface area (Å²) in [6, 6.07) is 8.70. The van der Waals surface area contributed by atoms with E-state index in [1.54, 1.807) is 0 Å². The van der Waals surface area contributed by atoms with E-state index in [0.29, 0.717) is 5.69 Å². The van der Waals surface area contributed by atoms with Crippen molar-refractivity contribution in [1.29, 1.82) is 0 Å². The van der Waals surface area contributed by atoms with E-state index in [2.05, 4.69) is 25.4 Å². The van der Waals surface area contributed by atoms with Crippen LogP contribution in [0, 0.1) is 0 Å². The lowest BCUT2D eigenvalue weighted by Crippen LogP contribution is -2.18. The van der Waals surface area contributed by atoms with Gasteiger partial charge in [-0.2, -0.15) is 18.0 Å². The molecule has 0 bridgehead atoms. The highest BCUT2D eigenvalue weighted by Crippen LogP contribution is 2.34. The molecule has 0 spiro atoms. The van der Waals surface area contributed by atoms with Crippen LogP contribution in [0.15, 0.2) is 47.4 Å². The van der Waals surface area contributed by atoms with Crippen LogP contribution in [0.25, 0.3) is 11.4 Å². The van der Waals surface area contributed by atoms with Crippen LogP contribution in [0.4, 0.5) is 24.5 Å². The molecule has 28 heavy (non-hydrogen) atoms. The number of benzene rings is 2. The Labute approximate surface area is 158 Å². The molecule has 0 atom stereocenters. The molecule has 1 aromatic heterocycles. The van der Waals surface area contributed by atoms with Gasteiger partial charge in [-0.15, -0.1) is 10.2 Å². The largest absolute Gasteiger partial charge is 0.416 e. The van der Waals surface area contributed by atoms with Crippen molar-refractivity contribution >= 4 is 21.4 Å². The zero-order valence-corrected chi connectivity index (χ0v) is 15.5. The Morgan fingerprint density at radius 2 is 1.86 bits per heavy atom. The zero-order valence-electron chi connectivity index (χ0n) is 14.7. The first kappa shape index (κ1) is 19.8. The molecule has 12 heteroatoms. The van der Waals surface area contributed by atoms with Crippen molar-refractivity contribution in [2.75, 3.05) is 12.4 Å². The molecule has 0 aliphatic rings. The van der Waals surface area contributed by atoms with Gasteiger partial charge in [0.1, 0.15) is 0 Å². The van der Waals surface area contributed by atoms with Crippen molar-refractivity contribution in [3.05, 3.63) is 48.0 Å². The van der Waals surface area contributed by atoms with E-state index in [0.717, 1.165) is 12.1 Å². The van der Waals surface area contributed by atoms with Gasteiger partial charge in [0, 0.05) is 16.9 Å². The molecule has 8 nitrogen and oxygen atoms in total. The highest BCUT2D eigenvalue weighted by atomic mass is 32.2. The minimum absolute atomic E-state index is 0.0490. The SMILES string of the molecule is CNS(=O)(=O)c1ccc(Nc2cccc(C(F)(F)F)c2)c(-c2nnn(C)n2)c1. The van der Waals surface area contributed by atoms with Gasteiger partial charge in [-0.3, -0.25) is 0 Å². The number of nitrogens with zero attached hydrogens (tertiary/aromatic N) is 4. The molecule has 0 amide bonds. The third kappa shape index (κ3) is 4.12. The van der Waals surface area contributed by atoms with Crippen molar-refractivity contribution in [3.63, 3.8) is 0 Å². The van der Waals surface area contributed by atoms with Gasteiger partial charge in [0.25, 0.3) is 0 Å². The summed E-state index contributed by atoms with van der Waals surface area (Å²) in [5.74, 6) is 0.116. The van der Waals surface area contributed by atoms with E-state index in [-0.39, 0.29) is 22.0 Å². The van der Waals surface area contributed by atoms with Gasteiger partial charge in [-0.1, -0.05) is 6.07 Å². The molecule has 2 aromatic carbocycles. The van der Waals surface area contributed by atoms with Crippen LogP contribution in [0.5, 0.6) is 0 Å². The van der Waals surface area contributed by atoms with Gasteiger partial charge in [-0.05, 0) is 48.7 Å². The maximum Gasteiger partial charge on any atom is 0.416 e. The number of aryl methyl sites for hydroxylation is 1. The molecular formula is C16H15F3N6O2S. The van der Waals surface area contributed by atoms with E-state index in [4.69, 9.17) is 0 Å². The predicted molar refractivity (Wildman–Crippen MR) is 95.2 cm³/mol. The molecule has 0 saturated carbocycles. The highest BCUT2D eigenvalue weighted by Gasteiger charge is 2.30. The van der Waals surface area contributed by atoms with Crippen LogP contribution in [0.1, 0.15) is 5.56 Å². The first-order valence-corrected chi connectivity index (χ1v) is 9.35. The summed E-state index contributed by atoms with van der Waals surface area (Å²) in [7, 11) is -0.946. The van der Waals surface area contributed by atoms with E-state index in [1.807, 2.05) is 0 Å². The van der Waals surface area contributed by atoms with Gasteiger partial charge < -0.3 is 5.32 Å². The maximum atomic E-state index is 12.9. The van der Waals surface area contributed by atoms with Crippen LogP contribution in [0.2, 0.25) is 0 Å². The van der Waals surface area contributed by atoms with Crippen LogP contribution in [-0.4, -0.2) is 35.7 Å². The zero-order chi connectivity index (χ0) is 20.5. The van der Waals surface area contributed by atoms with Crippen LogP contribution < -0.4 is 10.0 Å². The Bertz CT molecular complexity index is 1110. The summed E-state index contributed by atoms with van der Waals surface area (Å²) in [6.07, 6.45) is -4.49. The molecule has 0 saturated heterocycles. The fourth-order valence-electron chi connectivity index (χ4n) is 2.42. The quantitative estimate of drug-likeness (QED) is 0.668. The number of sulfonamides is 1. The second-order valence-corrected chi connectivity index (χ2v) is 7.61. The topological polar surface area (TPSA) is 102 Å². The Morgan fingerprint density at radius 3 is 2.46 bits per heavy atom. The van der Waals surface area contributed by atoms with Gasteiger partial charge >= 0.3 is 6.18 Å². The van der Waals surface area contributed by atoms with Gasteiger partial charge in [0.2, 0.25) is 15.8 Å². The molecular weight excluding hydrogens is 397 g/mol. The van der Waals surface area contributed by atoms with Crippen LogP contribution in [0.3, 0.4) is 0 Å². The first-order valence-electron chi connectivity index (χ1n) is 7.86. The number of alkyl halides is 3. The minimum Gasteiger partial charge on any atom is -0.355 e. The van der Waals surface area contributed by atoms with Crippen molar-refractivity contribution in [1.82, 2.24) is 24.9 Å². The summed E-state index contributed by atoms with van der Waals surface area (Å²) in [4.78, 5) is 1.13. The van der Waals surface area contributed by atoms with E-state index < -0.39 is 21.8 Å². The number of hydrogen-bond donors (Lipinski definition) is 2. The highest BCUT2D eigenvalue weighted by molar-refractivity contribution is 7.89. The third-order valence-corrected chi connectivity index (χ3v) is 5.20. The number of nitrogens with one attached hydrogen (secondary N) is 2. The van der Waals surface area contributed by atoms with Crippen molar-refractivity contribution in [3.8, 4) is 11.4 Å². The van der Waals surface area contributed by atoms with Gasteiger partial charge in [0.05, 0.1) is 17.5 Å². The number of aromatic nitrogens is 4. The number of tetrazole rings is 1. The molecule has 1 heterocycles. The fourth-order valence-corrected chi connectivity index (χ4v) is 3.18. The maximum absolute atomic E-state index is 12.9. The number of hydrogen-bond acceptors (Lipinski definition) is 6. The van der Waals surface area contributed by atoms with E-state index in [1.165, 1.54) is 49.2 Å². The summed E-state index contributed by atoms with van der Waals surface area (Å²) in [5, 5.41) is 14.5. The van der Waals surface area contributed by atoms with Crippen molar-refractivity contribution in [2.45, 2.75) is 11.1 Å². The Balaban J connectivity index is 2.08. The summed E-state index contributed by atoms with van der Waals surface area (Å²) in [6.45, 7) is 0. The second-order valence-electron chi connectivity index (χ2n) is 5.72. The summed E-state index contributed by atoms with van der Waals surface area (Å²) in [5.41, 5.74) is -0.0561. The first-order chi connectivity index (χ1) is 13.1. The lowest BCUT2D eigenvalue weighted by atomic mass is 10.1. The van der Waals surface area contributed by atoms with Crippen LogP contribution >= 0.6 is 0 Å². The fraction of sp³-hybridized carbons (Fsp3) is 0.188. The monoisotopic (exact) mass is 412 g/mol. The van der Waals surface area contributed by atoms with Gasteiger partial charge in [0.15, 0.2) is 0 Å². The minimum atomic E-state index is -4.49. The predicted octanol–water partition coefficient (Wildman–Crippen LogP) is 2.55. The second kappa shape index (κ2) is 7.20. The average molecular weight is 412 g/mol. The molecule has 2 N–H and O–H groups in total. The lowest BCUT2D eigenvalue weighted by Gasteiger charge is -2.14. The van der Waals surface area contributed by atoms with Crippen molar-refractivity contribution < 1.29 is 21.6 Å². The van der Waals surface area contributed by atoms with Crippen LogP contribution in [-0.2, 0) is 23.2 Å². The van der Waals surface area contributed by atoms with Gasteiger partial charge in [-0.25, -0.2) is 13.1 Å². The Hall–Kier alpha value is -2.99. The Kier molecular flexibility index (Phi) is 5.08. The number of halogens is 3. The Morgan fingerprint density at radius 1 is 1.11 bits per heavy atom. The molecule has 0 aliphatic carbocycles. The molecule has 0 fully saturated rings. The number of rotatable bonds is 5. The molecule has 0 radical (unpaired) electrons. The molecule has 3 aromatic rings. The molecule has 0 unspecified atom stereocenters. The molecule has 3 rings (SSSR count). The third-order valence-electron chi connectivity index (χ3n) is 3.79. The number of anilines is 2. The normalized spacial score (nSPS) is 12.2. The molecule has 0 aliphatic heterocycles. The average Bonchev–Trinajstić information content (AvgIpc) is 3.07. The smallest absolute Gasteiger partial charge is 0.355 e. The summed E-state index contributed by atoms with van der Waals surface area (Å²) >= 11 is 0. The molecule has 148 valence electrons.